The van der Waals surface area contributed by atoms with Gasteiger partial charge in [-0.05, 0) is 20.8 Å². The molecule has 64 valence electrons. The summed E-state index contributed by atoms with van der Waals surface area (Å²) in [6.07, 6.45) is -0.683. The zero-order valence-corrected chi connectivity index (χ0v) is 7.84. The molecule has 0 bridgehead atoms. The fourth-order valence-corrected chi connectivity index (χ4v) is 0.495. The van der Waals surface area contributed by atoms with E-state index in [1.165, 1.54) is 0 Å². The van der Waals surface area contributed by atoms with Crippen molar-refractivity contribution >= 4 is 11.9 Å². The number of hydrogen-bond donors (Lipinski definition) is 0. The minimum Gasteiger partial charge on any atom is -0.550 e. The van der Waals surface area contributed by atoms with Gasteiger partial charge in [0.2, 0.25) is 0 Å². The number of aliphatic carboxylic acids is 1. The van der Waals surface area contributed by atoms with Crippen molar-refractivity contribution < 1.29 is 38.3 Å². The molecule has 12 heavy (non-hydrogen) atoms. The maximum Gasteiger partial charge on any atom is 1.00 e. The molecule has 0 saturated heterocycles. The third-order valence-electron chi connectivity index (χ3n) is 0.709. The van der Waals surface area contributed by atoms with Crippen molar-refractivity contribution in [3.63, 3.8) is 0 Å². The second kappa shape index (κ2) is 5.23. The Kier molecular flexibility index (Phi) is 6.14. The van der Waals surface area contributed by atoms with E-state index in [2.05, 4.69) is 4.74 Å². The normalized spacial score (nSPS) is 9.92. The Morgan fingerprint density at radius 1 is 1.33 bits per heavy atom. The molecule has 0 amide bonds. The first-order valence-corrected chi connectivity index (χ1v) is 3.23. The molecule has 0 unspecified atom stereocenters. The molecule has 0 aromatic heterocycles. The average molecular weight is 166 g/mol. The van der Waals surface area contributed by atoms with Crippen LogP contribution in [-0.2, 0) is 14.3 Å². The molecule has 0 aliphatic carbocycles. The van der Waals surface area contributed by atoms with Gasteiger partial charge >= 0.3 is 24.8 Å². The summed E-state index contributed by atoms with van der Waals surface area (Å²) in [5.41, 5.74) is -0.632. The summed E-state index contributed by atoms with van der Waals surface area (Å²) in [6.45, 7) is 5.00. The summed E-state index contributed by atoms with van der Waals surface area (Å²) >= 11 is 0. The van der Waals surface area contributed by atoms with Crippen LogP contribution in [0.4, 0.5) is 0 Å². The molecule has 0 atom stereocenters. The molecule has 0 aliphatic rings. The van der Waals surface area contributed by atoms with Crippen molar-refractivity contribution in [1.29, 1.82) is 0 Å². The molecular weight excluding hydrogens is 155 g/mol. The molecule has 0 heterocycles. The van der Waals surface area contributed by atoms with E-state index in [0.29, 0.717) is 0 Å². The molecule has 0 N–H and O–H groups in total. The van der Waals surface area contributed by atoms with Crippen LogP contribution in [0.5, 0.6) is 0 Å². The third kappa shape index (κ3) is 9.54. The number of carbonyl (C=O) groups is 2. The first-order valence-electron chi connectivity index (χ1n) is 3.23. The Morgan fingerprint density at radius 3 is 2.00 bits per heavy atom. The maximum atomic E-state index is 10.6. The number of ether oxygens (including phenoxy) is 1. The van der Waals surface area contributed by atoms with Crippen molar-refractivity contribution in [2.45, 2.75) is 32.8 Å². The van der Waals surface area contributed by atoms with E-state index in [0.717, 1.165) is 0 Å². The van der Waals surface area contributed by atoms with Crippen molar-refractivity contribution in [2.75, 3.05) is 0 Å². The van der Waals surface area contributed by atoms with E-state index < -0.39 is 24.0 Å². The summed E-state index contributed by atoms with van der Waals surface area (Å²) < 4.78 is 4.69. The predicted molar refractivity (Wildman–Crippen MR) is 35.5 cm³/mol. The molecule has 0 fully saturated rings. The number of carbonyl (C=O) groups excluding carboxylic acids is 2. The molecule has 0 radical (unpaired) electrons. The van der Waals surface area contributed by atoms with E-state index >= 15 is 0 Å². The Hall–Kier alpha value is -0.463. The average Bonchev–Trinajstić information content (AvgIpc) is 1.53. The predicted octanol–water partition coefficient (Wildman–Crippen LogP) is -3.53. The summed E-state index contributed by atoms with van der Waals surface area (Å²) in [5, 5.41) is 9.88. The van der Waals surface area contributed by atoms with Gasteiger partial charge in [-0.25, -0.2) is 0 Å². The number of hydrogen-bond acceptors (Lipinski definition) is 4. The van der Waals surface area contributed by atoms with Gasteiger partial charge in [-0.2, -0.15) is 0 Å². The molecule has 0 aliphatic heterocycles. The second-order valence-electron chi connectivity index (χ2n) is 3.14. The molecule has 0 aromatic carbocycles. The van der Waals surface area contributed by atoms with Crippen LogP contribution >= 0.6 is 0 Å². The fourth-order valence-electron chi connectivity index (χ4n) is 0.495. The number of carboxylic acid groups (broad SMARTS) is 1. The Bertz CT molecular complexity index is 171. The fraction of sp³-hybridized carbons (Fsp3) is 0.714. The van der Waals surface area contributed by atoms with Crippen molar-refractivity contribution in [2.24, 2.45) is 0 Å². The maximum absolute atomic E-state index is 10.6. The van der Waals surface area contributed by atoms with Gasteiger partial charge < -0.3 is 14.6 Å². The first kappa shape index (κ1) is 14.1. The van der Waals surface area contributed by atoms with Crippen molar-refractivity contribution in [3.05, 3.63) is 0 Å². The van der Waals surface area contributed by atoms with Crippen LogP contribution < -0.4 is 24.0 Å². The van der Waals surface area contributed by atoms with Gasteiger partial charge in [-0.15, -0.1) is 0 Å². The standard InChI is InChI=1S/C7H12O4.Li/c1-7(2,3)11-6(10)4-5(8)9;/h4H2,1-3H3,(H,8,9);/q;+1/p-1. The van der Waals surface area contributed by atoms with Crippen LogP contribution in [0.25, 0.3) is 0 Å². The number of esters is 1. The molecule has 4 nitrogen and oxygen atoms in total. The SMILES string of the molecule is CC(C)(C)OC(=O)CC(=O)[O-].[Li+]. The van der Waals surface area contributed by atoms with Gasteiger partial charge in [0, 0.05) is 0 Å². The van der Waals surface area contributed by atoms with Crippen molar-refractivity contribution in [1.82, 2.24) is 0 Å². The Morgan fingerprint density at radius 2 is 1.75 bits per heavy atom. The van der Waals surface area contributed by atoms with Crippen LogP contribution in [-0.4, -0.2) is 17.5 Å². The van der Waals surface area contributed by atoms with Crippen LogP contribution in [0.3, 0.4) is 0 Å². The molecule has 0 saturated carbocycles. The second-order valence-corrected chi connectivity index (χ2v) is 3.14. The van der Waals surface area contributed by atoms with E-state index in [9.17, 15) is 14.7 Å². The zero-order valence-electron chi connectivity index (χ0n) is 7.84. The van der Waals surface area contributed by atoms with E-state index in [-0.39, 0.29) is 18.9 Å². The van der Waals surface area contributed by atoms with Crippen molar-refractivity contribution in [3.8, 4) is 0 Å². The third-order valence-corrected chi connectivity index (χ3v) is 0.709. The first-order chi connectivity index (χ1) is 4.81. The van der Waals surface area contributed by atoms with Crippen LogP contribution in [0.15, 0.2) is 0 Å². The Balaban J connectivity index is 0. The molecule has 0 aromatic rings. The number of carboxylic acids is 1. The molecular formula is C7H11LiO4. The van der Waals surface area contributed by atoms with Gasteiger partial charge in [-0.1, -0.05) is 0 Å². The van der Waals surface area contributed by atoms with Gasteiger partial charge in [-0.3, -0.25) is 4.79 Å². The van der Waals surface area contributed by atoms with Gasteiger partial charge in [0.05, 0.1) is 12.4 Å². The summed E-state index contributed by atoms with van der Waals surface area (Å²) in [5.74, 6) is -2.18. The smallest absolute Gasteiger partial charge is 0.550 e. The zero-order chi connectivity index (χ0) is 9.07. The van der Waals surface area contributed by atoms with E-state index in [4.69, 9.17) is 0 Å². The van der Waals surface area contributed by atoms with E-state index in [1.54, 1.807) is 20.8 Å². The molecule has 0 spiro atoms. The topological polar surface area (TPSA) is 66.4 Å². The minimum atomic E-state index is -1.42. The summed E-state index contributed by atoms with van der Waals surface area (Å²) in [7, 11) is 0. The van der Waals surface area contributed by atoms with Gasteiger partial charge in [0.25, 0.3) is 0 Å². The largest absolute Gasteiger partial charge is 1.00 e. The van der Waals surface area contributed by atoms with Crippen LogP contribution in [0.1, 0.15) is 27.2 Å². The van der Waals surface area contributed by atoms with Crippen LogP contribution in [0.2, 0.25) is 0 Å². The monoisotopic (exact) mass is 166 g/mol. The molecule has 5 heteroatoms. The Labute approximate surface area is 83.5 Å². The number of rotatable bonds is 2. The van der Waals surface area contributed by atoms with Gasteiger partial charge in [0.15, 0.2) is 0 Å². The quantitative estimate of drug-likeness (QED) is 0.242. The molecule has 0 rings (SSSR count). The van der Waals surface area contributed by atoms with Gasteiger partial charge in [0.1, 0.15) is 5.60 Å². The summed E-state index contributed by atoms with van der Waals surface area (Å²) in [4.78, 5) is 20.5. The van der Waals surface area contributed by atoms with Crippen LogP contribution in [0, 0.1) is 0 Å². The summed E-state index contributed by atoms with van der Waals surface area (Å²) in [6, 6.07) is 0. The van der Waals surface area contributed by atoms with E-state index in [1.807, 2.05) is 0 Å². The minimum absolute atomic E-state index is 0.